The highest BCUT2D eigenvalue weighted by molar-refractivity contribution is 5.93. The molecule has 0 bridgehead atoms. The lowest BCUT2D eigenvalue weighted by atomic mass is 10.1. The zero-order valence-electron chi connectivity index (χ0n) is 11.8. The van der Waals surface area contributed by atoms with Gasteiger partial charge in [0, 0.05) is 17.2 Å². The third-order valence-corrected chi connectivity index (χ3v) is 2.73. The summed E-state index contributed by atoms with van der Waals surface area (Å²) in [5, 5.41) is 19.5. The predicted molar refractivity (Wildman–Crippen MR) is 82.7 cm³/mol. The summed E-state index contributed by atoms with van der Waals surface area (Å²) in [5.41, 5.74) is 3.01. The minimum absolute atomic E-state index is 0.0311. The number of hydrogen-bond donors (Lipinski definition) is 3. The van der Waals surface area contributed by atoms with Crippen LogP contribution in [0.4, 0.5) is 0 Å². The Kier molecular flexibility index (Phi) is 4.81. The van der Waals surface area contributed by atoms with Gasteiger partial charge in [-0.2, -0.15) is 10.2 Å². The molecule has 1 amide bonds. The van der Waals surface area contributed by atoms with E-state index in [-0.39, 0.29) is 11.4 Å². The number of carbonyl (C=O) groups excluding carboxylic acids is 1. The number of aromatic nitrogens is 2. The fourth-order valence-electron chi connectivity index (χ4n) is 1.69. The van der Waals surface area contributed by atoms with Crippen molar-refractivity contribution < 1.29 is 9.90 Å². The molecule has 1 aromatic carbocycles. The van der Waals surface area contributed by atoms with Gasteiger partial charge < -0.3 is 5.11 Å². The Bertz CT molecular complexity index is 773. The number of allylic oxidation sites excluding steroid dienone is 1. The third kappa shape index (κ3) is 3.66. The maximum Gasteiger partial charge on any atom is 0.291 e. The van der Waals surface area contributed by atoms with Crippen LogP contribution in [-0.2, 0) is 0 Å². The van der Waals surface area contributed by atoms with E-state index in [1.807, 2.05) is 6.92 Å². The monoisotopic (exact) mass is 298 g/mol. The van der Waals surface area contributed by atoms with E-state index in [4.69, 9.17) is 0 Å². The van der Waals surface area contributed by atoms with Gasteiger partial charge in [0.05, 0.1) is 6.21 Å². The molecule has 0 aliphatic rings. The number of aromatic amines is 1. The summed E-state index contributed by atoms with van der Waals surface area (Å²) in [5.74, 6) is -0.502. The summed E-state index contributed by atoms with van der Waals surface area (Å²) in [4.78, 5) is 22.6. The van der Waals surface area contributed by atoms with Crippen LogP contribution in [0.25, 0.3) is 6.08 Å². The smallest absolute Gasteiger partial charge is 0.291 e. The number of H-pyrrole nitrogens is 1. The van der Waals surface area contributed by atoms with Crippen LogP contribution < -0.4 is 11.0 Å². The van der Waals surface area contributed by atoms with Gasteiger partial charge >= 0.3 is 0 Å². The minimum atomic E-state index is -0.573. The number of nitrogens with zero attached hydrogens (tertiary/aromatic N) is 2. The number of aromatic hydroxyl groups is 1. The number of para-hydroxylation sites is 1. The molecule has 0 spiro atoms. The van der Waals surface area contributed by atoms with Crippen LogP contribution >= 0.6 is 0 Å². The van der Waals surface area contributed by atoms with Crippen LogP contribution in [-0.4, -0.2) is 27.4 Å². The van der Waals surface area contributed by atoms with Crippen molar-refractivity contribution in [3.05, 3.63) is 63.6 Å². The molecule has 2 aromatic rings. The summed E-state index contributed by atoms with van der Waals surface area (Å²) in [6.07, 6.45) is 4.89. The topological polar surface area (TPSA) is 107 Å². The summed E-state index contributed by atoms with van der Waals surface area (Å²) in [7, 11) is 0. The van der Waals surface area contributed by atoms with E-state index in [1.54, 1.807) is 30.4 Å². The molecule has 7 nitrogen and oxygen atoms in total. The first kappa shape index (κ1) is 15.2. The Morgan fingerprint density at radius 1 is 1.32 bits per heavy atom. The SMILES string of the molecule is CC=Cc1cccc(C=NNC(=O)c2ccc(=O)[nH]n2)c1O. The van der Waals surface area contributed by atoms with Gasteiger partial charge in [0.2, 0.25) is 0 Å². The predicted octanol–water partition coefficient (Wildman–Crippen LogP) is 1.27. The Labute approximate surface area is 126 Å². The Morgan fingerprint density at radius 3 is 2.77 bits per heavy atom. The minimum Gasteiger partial charge on any atom is -0.507 e. The number of hydrazone groups is 1. The highest BCUT2D eigenvalue weighted by atomic mass is 16.3. The van der Waals surface area contributed by atoms with E-state index in [0.717, 1.165) is 0 Å². The zero-order chi connectivity index (χ0) is 15.9. The quantitative estimate of drug-likeness (QED) is 0.583. The number of carbonyl (C=O) groups is 1. The molecule has 2 rings (SSSR count). The first-order valence-electron chi connectivity index (χ1n) is 6.45. The molecular formula is C15H14N4O3. The maximum atomic E-state index is 11.7. The van der Waals surface area contributed by atoms with Gasteiger partial charge in [0.25, 0.3) is 11.5 Å². The lowest BCUT2D eigenvalue weighted by Crippen LogP contribution is -2.21. The normalized spacial score (nSPS) is 11.1. The van der Waals surface area contributed by atoms with Crippen molar-refractivity contribution in [3.8, 4) is 5.75 Å². The second-order valence-electron chi connectivity index (χ2n) is 4.29. The van der Waals surface area contributed by atoms with Gasteiger partial charge in [0.15, 0.2) is 5.69 Å². The van der Waals surface area contributed by atoms with E-state index in [2.05, 4.69) is 20.7 Å². The second-order valence-corrected chi connectivity index (χ2v) is 4.29. The van der Waals surface area contributed by atoms with Crippen molar-refractivity contribution in [2.45, 2.75) is 6.92 Å². The van der Waals surface area contributed by atoms with Crippen molar-refractivity contribution in [1.29, 1.82) is 0 Å². The highest BCUT2D eigenvalue weighted by Crippen LogP contribution is 2.22. The van der Waals surface area contributed by atoms with Crippen molar-refractivity contribution >= 4 is 18.2 Å². The first-order valence-corrected chi connectivity index (χ1v) is 6.45. The van der Waals surface area contributed by atoms with E-state index in [0.29, 0.717) is 11.1 Å². The number of hydrogen-bond acceptors (Lipinski definition) is 5. The molecule has 0 saturated heterocycles. The van der Waals surface area contributed by atoms with Gasteiger partial charge in [-0.05, 0) is 19.1 Å². The largest absolute Gasteiger partial charge is 0.507 e. The molecule has 1 aromatic heterocycles. The summed E-state index contributed by atoms with van der Waals surface area (Å²) in [6, 6.07) is 7.67. The number of nitrogens with one attached hydrogen (secondary N) is 2. The number of amides is 1. The highest BCUT2D eigenvalue weighted by Gasteiger charge is 2.06. The van der Waals surface area contributed by atoms with E-state index in [9.17, 15) is 14.7 Å². The molecule has 22 heavy (non-hydrogen) atoms. The van der Waals surface area contributed by atoms with Crippen molar-refractivity contribution in [2.75, 3.05) is 0 Å². The molecule has 0 radical (unpaired) electrons. The molecular weight excluding hydrogens is 284 g/mol. The van der Waals surface area contributed by atoms with Crippen LogP contribution in [0.1, 0.15) is 28.5 Å². The first-order chi connectivity index (χ1) is 10.6. The van der Waals surface area contributed by atoms with Gasteiger partial charge in [-0.15, -0.1) is 0 Å². The van der Waals surface area contributed by atoms with Crippen LogP contribution in [0.2, 0.25) is 0 Å². The fourth-order valence-corrected chi connectivity index (χ4v) is 1.69. The Balaban J connectivity index is 2.09. The maximum absolute atomic E-state index is 11.7. The fraction of sp³-hybridized carbons (Fsp3) is 0.0667. The summed E-state index contributed by atoms with van der Waals surface area (Å²) < 4.78 is 0. The van der Waals surface area contributed by atoms with E-state index in [1.165, 1.54) is 18.3 Å². The summed E-state index contributed by atoms with van der Waals surface area (Å²) >= 11 is 0. The Hall–Kier alpha value is -3.22. The average molecular weight is 298 g/mol. The van der Waals surface area contributed by atoms with Crippen LogP contribution in [0, 0.1) is 0 Å². The van der Waals surface area contributed by atoms with Crippen LogP contribution in [0.3, 0.4) is 0 Å². The van der Waals surface area contributed by atoms with Crippen molar-refractivity contribution in [1.82, 2.24) is 15.6 Å². The van der Waals surface area contributed by atoms with Gasteiger partial charge in [-0.3, -0.25) is 9.59 Å². The third-order valence-electron chi connectivity index (χ3n) is 2.73. The molecule has 0 fully saturated rings. The number of benzene rings is 1. The van der Waals surface area contributed by atoms with E-state index >= 15 is 0 Å². The second kappa shape index (κ2) is 6.98. The zero-order valence-corrected chi connectivity index (χ0v) is 11.8. The molecule has 0 atom stereocenters. The molecule has 1 heterocycles. The van der Waals surface area contributed by atoms with Gasteiger partial charge in [-0.25, -0.2) is 10.5 Å². The number of phenolic OH excluding ortho intramolecular Hbond substituents is 1. The van der Waals surface area contributed by atoms with E-state index < -0.39 is 11.5 Å². The molecule has 0 aliphatic heterocycles. The van der Waals surface area contributed by atoms with Gasteiger partial charge in [-0.1, -0.05) is 24.3 Å². The van der Waals surface area contributed by atoms with Gasteiger partial charge in [0.1, 0.15) is 5.75 Å². The van der Waals surface area contributed by atoms with Crippen LogP contribution in [0.15, 0.2) is 46.3 Å². The molecule has 7 heteroatoms. The van der Waals surface area contributed by atoms with Crippen LogP contribution in [0.5, 0.6) is 5.75 Å². The lowest BCUT2D eigenvalue weighted by molar-refractivity contribution is 0.0949. The van der Waals surface area contributed by atoms with Crippen molar-refractivity contribution in [3.63, 3.8) is 0 Å². The number of rotatable bonds is 4. The molecule has 0 aliphatic carbocycles. The standard InChI is InChI=1S/C15H14N4O3/c1-2-4-10-5-3-6-11(14(10)21)9-16-19-15(22)12-7-8-13(20)18-17-12/h2-9,21H,1H3,(H,18,20)(H,19,22). The molecule has 3 N–H and O–H groups in total. The van der Waals surface area contributed by atoms with Crippen molar-refractivity contribution in [2.24, 2.45) is 5.10 Å². The molecule has 112 valence electrons. The number of phenols is 1. The lowest BCUT2D eigenvalue weighted by Gasteiger charge is -2.03. The summed E-state index contributed by atoms with van der Waals surface area (Å²) in [6.45, 7) is 1.84. The Morgan fingerprint density at radius 2 is 2.09 bits per heavy atom. The average Bonchev–Trinajstić information content (AvgIpc) is 2.51. The molecule has 0 unspecified atom stereocenters. The molecule has 0 saturated carbocycles.